The Kier molecular flexibility index (Phi) is 18.6. The van der Waals surface area contributed by atoms with Crippen molar-refractivity contribution in [3.8, 4) is 0 Å². The van der Waals surface area contributed by atoms with Crippen LogP contribution in [0.3, 0.4) is 0 Å². The van der Waals surface area contributed by atoms with Crippen LogP contribution in [-0.4, -0.2) is 150 Å². The third-order valence-corrected chi connectivity index (χ3v) is 1.68. The molecular weight excluding hydrogens is 348 g/mol. The van der Waals surface area contributed by atoms with Crippen molar-refractivity contribution < 1.29 is 34.4 Å². The molecule has 0 aliphatic carbocycles. The van der Waals surface area contributed by atoms with Gasteiger partial charge in [-0.1, -0.05) is 0 Å². The van der Waals surface area contributed by atoms with Crippen molar-refractivity contribution in [3.63, 3.8) is 0 Å². The minimum Gasteiger partial charge on any atom is -1.00 e. The first-order valence-electron chi connectivity index (χ1n) is 5.67. The molecule has 120 valence electrons. The van der Waals surface area contributed by atoms with Gasteiger partial charge in [0.1, 0.15) is 0 Å². The van der Waals surface area contributed by atoms with Crippen LogP contribution in [0, 0.1) is 0 Å². The van der Waals surface area contributed by atoms with Crippen LogP contribution < -0.4 is 0 Å². The molecule has 0 aromatic carbocycles. The molecule has 0 bridgehead atoms. The second-order valence-electron chi connectivity index (χ2n) is 4.40. The maximum Gasteiger partial charge on any atom is 2.00 e. The summed E-state index contributed by atoms with van der Waals surface area (Å²) in [5.74, 6) is -3.51. The van der Waals surface area contributed by atoms with E-state index in [-0.39, 0.29) is 94.3 Å². The third kappa shape index (κ3) is 16.8. The van der Waals surface area contributed by atoms with Crippen molar-refractivity contribution in [2.75, 3.05) is 41.3 Å². The zero-order valence-electron chi connectivity index (χ0n) is 17.3. The van der Waals surface area contributed by atoms with Crippen LogP contribution in [0.15, 0.2) is 12.2 Å². The normalized spacial score (nSPS) is 9.91. The van der Waals surface area contributed by atoms with Gasteiger partial charge < -0.3 is 15.2 Å². The predicted molar refractivity (Wildman–Crippen MR) is 84.4 cm³/mol. The molecule has 0 spiro atoms. The van der Waals surface area contributed by atoms with Gasteiger partial charge in [-0.05, 0) is 28.2 Å². The van der Waals surface area contributed by atoms with Crippen molar-refractivity contribution in [2.24, 2.45) is 0 Å². The van der Waals surface area contributed by atoms with Gasteiger partial charge in [-0.3, -0.25) is 19.4 Å². The standard InChI is InChI=1S/C12H18N2O6.2Ca.4H/c1-13(2)7-11(17)19-9(15)5-6-10(16)20-12(18)8-14(3)4;;;;;;/h5-6H,7-8H2,1-4H3;;;;;;/q;2*+2;4*-1/b6-5+;;;;;;. The minimum atomic E-state index is -1.01. The molecule has 0 aliphatic rings. The topological polar surface area (TPSA) is 93.2 Å². The second kappa shape index (κ2) is 15.0. The summed E-state index contributed by atoms with van der Waals surface area (Å²) in [6, 6.07) is 0. The molecule has 0 fully saturated rings. The van der Waals surface area contributed by atoms with Gasteiger partial charge in [-0.15, -0.1) is 0 Å². The van der Waals surface area contributed by atoms with E-state index in [1.165, 1.54) is 9.80 Å². The molecule has 22 heavy (non-hydrogen) atoms. The van der Waals surface area contributed by atoms with Gasteiger partial charge in [0.25, 0.3) is 0 Å². The van der Waals surface area contributed by atoms with Crippen molar-refractivity contribution in [2.45, 2.75) is 0 Å². The zero-order valence-corrected chi connectivity index (χ0v) is 17.7. The van der Waals surface area contributed by atoms with Crippen molar-refractivity contribution in [3.05, 3.63) is 12.2 Å². The van der Waals surface area contributed by atoms with Gasteiger partial charge in [0.2, 0.25) is 0 Å². The summed E-state index contributed by atoms with van der Waals surface area (Å²) in [5, 5.41) is 0. The largest absolute Gasteiger partial charge is 2.00 e. The van der Waals surface area contributed by atoms with Crippen LogP contribution in [0.4, 0.5) is 0 Å². The maximum atomic E-state index is 11.2. The van der Waals surface area contributed by atoms with E-state index < -0.39 is 23.9 Å². The molecule has 0 heterocycles. The van der Waals surface area contributed by atoms with Crippen molar-refractivity contribution in [1.29, 1.82) is 0 Å². The molecule has 8 nitrogen and oxygen atoms in total. The first-order valence-corrected chi connectivity index (χ1v) is 5.67. The molecule has 0 atom stereocenters. The Labute approximate surface area is 195 Å². The van der Waals surface area contributed by atoms with Crippen LogP contribution in [0.5, 0.6) is 0 Å². The quantitative estimate of drug-likeness (QED) is 0.241. The average molecular weight is 370 g/mol. The Morgan fingerprint density at radius 3 is 1.27 bits per heavy atom. The fraction of sp³-hybridized carbons (Fsp3) is 0.500. The van der Waals surface area contributed by atoms with Crippen molar-refractivity contribution >= 4 is 99.4 Å². The van der Waals surface area contributed by atoms with Crippen LogP contribution >= 0.6 is 0 Å². The number of carbonyl (C=O) groups excluding carboxylic acids is 4. The molecule has 0 rings (SSSR count). The number of ether oxygens (including phenoxy) is 2. The van der Waals surface area contributed by atoms with Gasteiger partial charge in [-0.25, -0.2) is 9.59 Å². The molecule has 10 heteroatoms. The SMILES string of the molecule is CN(C)CC(=O)OC(=O)/C=C/C(=O)OC(=O)CN(C)C.[Ca+2].[Ca+2].[H-].[H-].[H-].[H-]. The Morgan fingerprint density at radius 1 is 0.773 bits per heavy atom. The minimum absolute atomic E-state index is 0. The molecule has 0 saturated carbocycles. The number of hydrogen-bond donors (Lipinski definition) is 0. The number of likely N-dealkylation sites (N-methyl/N-ethyl adjacent to an activating group) is 2. The first-order chi connectivity index (χ1) is 9.20. The summed E-state index contributed by atoms with van der Waals surface area (Å²) in [6.45, 7) is -0.128. The fourth-order valence-electron chi connectivity index (χ4n) is 1.01. The van der Waals surface area contributed by atoms with Gasteiger partial charge in [-0.2, -0.15) is 0 Å². The smallest absolute Gasteiger partial charge is 1.00 e. The molecule has 0 aromatic rings. The molecule has 0 unspecified atom stereocenters. The van der Waals surface area contributed by atoms with E-state index in [9.17, 15) is 19.2 Å². The zero-order chi connectivity index (χ0) is 15.7. The van der Waals surface area contributed by atoms with E-state index in [4.69, 9.17) is 0 Å². The van der Waals surface area contributed by atoms with Gasteiger partial charge >= 0.3 is 99.4 Å². The van der Waals surface area contributed by atoms with E-state index in [1.54, 1.807) is 28.2 Å². The fourth-order valence-corrected chi connectivity index (χ4v) is 1.01. The second-order valence-corrected chi connectivity index (χ2v) is 4.40. The monoisotopic (exact) mass is 370 g/mol. The average Bonchev–Trinajstić information content (AvgIpc) is 2.23. The Hall–Kier alpha value is 0.459. The van der Waals surface area contributed by atoms with E-state index >= 15 is 0 Å². The number of carbonyl (C=O) groups is 4. The predicted octanol–water partition coefficient (Wildman–Crippen LogP) is -1.51. The molecular formula is C12H22Ca2N2O6. The summed E-state index contributed by atoms with van der Waals surface area (Å²) < 4.78 is 8.75. The van der Waals surface area contributed by atoms with Gasteiger partial charge in [0.05, 0.1) is 13.1 Å². The van der Waals surface area contributed by atoms with E-state index in [2.05, 4.69) is 9.47 Å². The molecule has 0 saturated heterocycles. The molecule has 0 aromatic heterocycles. The Balaban J connectivity index is -0.000000120. The number of hydrogen-bond acceptors (Lipinski definition) is 8. The van der Waals surface area contributed by atoms with Crippen molar-refractivity contribution in [1.82, 2.24) is 9.80 Å². The van der Waals surface area contributed by atoms with E-state index in [0.717, 1.165) is 12.2 Å². The first kappa shape index (κ1) is 27.3. The van der Waals surface area contributed by atoms with E-state index in [0.29, 0.717) is 0 Å². The molecule has 0 amide bonds. The van der Waals surface area contributed by atoms with Gasteiger partial charge in [0.15, 0.2) is 0 Å². The Bertz CT molecular complexity index is 402. The molecule has 0 radical (unpaired) electrons. The summed E-state index contributed by atoms with van der Waals surface area (Å²) in [7, 11) is 6.54. The summed E-state index contributed by atoms with van der Waals surface area (Å²) in [4.78, 5) is 47.6. The van der Waals surface area contributed by atoms with E-state index in [1.807, 2.05) is 0 Å². The summed E-state index contributed by atoms with van der Waals surface area (Å²) in [6.07, 6.45) is 1.44. The Morgan fingerprint density at radius 2 is 1.05 bits per heavy atom. The molecule has 0 aliphatic heterocycles. The van der Waals surface area contributed by atoms with Crippen LogP contribution in [0.25, 0.3) is 0 Å². The summed E-state index contributed by atoms with van der Waals surface area (Å²) in [5.41, 5.74) is 0. The number of nitrogens with zero attached hydrogens (tertiary/aromatic N) is 2. The maximum absolute atomic E-state index is 11.2. The van der Waals surface area contributed by atoms with Crippen LogP contribution in [-0.2, 0) is 28.7 Å². The van der Waals surface area contributed by atoms with Crippen LogP contribution in [0.1, 0.15) is 5.71 Å². The number of rotatable bonds is 6. The molecule has 0 N–H and O–H groups in total. The van der Waals surface area contributed by atoms with Crippen LogP contribution in [0.2, 0.25) is 0 Å². The van der Waals surface area contributed by atoms with Gasteiger partial charge in [0, 0.05) is 12.2 Å². The third-order valence-electron chi connectivity index (χ3n) is 1.68. The summed E-state index contributed by atoms with van der Waals surface area (Å²) >= 11 is 0. The number of esters is 4.